The van der Waals surface area contributed by atoms with E-state index in [2.05, 4.69) is 10.6 Å². The quantitative estimate of drug-likeness (QED) is 0.617. The number of benzene rings is 1. The van der Waals surface area contributed by atoms with Gasteiger partial charge in [0, 0.05) is 18.7 Å². The van der Waals surface area contributed by atoms with Gasteiger partial charge in [-0.25, -0.2) is 0 Å². The Morgan fingerprint density at radius 1 is 1.58 bits per heavy atom. The van der Waals surface area contributed by atoms with Crippen LogP contribution in [0.1, 0.15) is 16.8 Å². The van der Waals surface area contributed by atoms with E-state index in [4.69, 9.17) is 4.74 Å². The second-order valence-corrected chi connectivity index (χ2v) is 4.30. The Hall–Kier alpha value is -2.15. The van der Waals surface area contributed by atoms with E-state index in [1.54, 1.807) is 0 Å². The summed E-state index contributed by atoms with van der Waals surface area (Å²) in [6.07, 6.45) is 0.876. The summed E-state index contributed by atoms with van der Waals surface area (Å²) >= 11 is 0. The first-order valence-corrected chi connectivity index (χ1v) is 5.96. The second-order valence-electron chi connectivity index (χ2n) is 4.30. The molecule has 102 valence electrons. The molecule has 7 heteroatoms. The standard InChI is InChI=1S/C12H15N3O4/c1-19-11-6-9(15(17)18)2-3-10(11)12(16)14-8-4-5-13-7-8/h2-3,6,8,13H,4-5,7H2,1H3,(H,14,16)/t8-/m0/s1. The van der Waals surface area contributed by atoms with Crippen molar-refractivity contribution in [3.05, 3.63) is 33.9 Å². The maximum Gasteiger partial charge on any atom is 0.273 e. The Balaban J connectivity index is 2.18. The van der Waals surface area contributed by atoms with Crippen molar-refractivity contribution >= 4 is 11.6 Å². The highest BCUT2D eigenvalue weighted by atomic mass is 16.6. The number of ether oxygens (including phenoxy) is 1. The number of amides is 1. The molecular weight excluding hydrogens is 250 g/mol. The second kappa shape index (κ2) is 5.66. The van der Waals surface area contributed by atoms with E-state index < -0.39 is 4.92 Å². The predicted octanol–water partition coefficient (Wildman–Crippen LogP) is 0.695. The summed E-state index contributed by atoms with van der Waals surface area (Å²) in [5.41, 5.74) is 0.205. The lowest BCUT2D eigenvalue weighted by Crippen LogP contribution is -2.36. The zero-order valence-corrected chi connectivity index (χ0v) is 10.5. The van der Waals surface area contributed by atoms with Crippen LogP contribution in [0.4, 0.5) is 5.69 Å². The molecule has 0 spiro atoms. The third kappa shape index (κ3) is 3.00. The van der Waals surface area contributed by atoms with E-state index in [1.807, 2.05) is 0 Å². The summed E-state index contributed by atoms with van der Waals surface area (Å²) in [4.78, 5) is 22.2. The number of nitro benzene ring substituents is 1. The highest BCUT2D eigenvalue weighted by Gasteiger charge is 2.21. The van der Waals surface area contributed by atoms with Crippen LogP contribution >= 0.6 is 0 Å². The first-order valence-electron chi connectivity index (χ1n) is 5.96. The van der Waals surface area contributed by atoms with Crippen LogP contribution in [0.2, 0.25) is 0 Å². The van der Waals surface area contributed by atoms with Gasteiger partial charge in [0.15, 0.2) is 0 Å². The van der Waals surface area contributed by atoms with Crippen LogP contribution in [0.5, 0.6) is 5.75 Å². The number of carbonyl (C=O) groups excluding carboxylic acids is 1. The molecule has 0 saturated carbocycles. The largest absolute Gasteiger partial charge is 0.496 e. The average molecular weight is 265 g/mol. The summed E-state index contributed by atoms with van der Waals surface area (Å²) in [7, 11) is 1.38. The van der Waals surface area contributed by atoms with Crippen molar-refractivity contribution in [1.29, 1.82) is 0 Å². The van der Waals surface area contributed by atoms with Crippen LogP contribution in [0.25, 0.3) is 0 Å². The SMILES string of the molecule is COc1cc([N+](=O)[O-])ccc1C(=O)N[C@H]1CCNC1. The molecule has 1 saturated heterocycles. The van der Waals surface area contributed by atoms with Crippen molar-refractivity contribution in [1.82, 2.24) is 10.6 Å². The lowest BCUT2D eigenvalue weighted by atomic mass is 10.1. The van der Waals surface area contributed by atoms with Crippen LogP contribution in [-0.2, 0) is 0 Å². The molecule has 2 rings (SSSR count). The molecule has 0 bridgehead atoms. The van der Waals surface area contributed by atoms with Crippen molar-refractivity contribution < 1.29 is 14.5 Å². The number of rotatable bonds is 4. The number of methoxy groups -OCH3 is 1. The third-order valence-electron chi connectivity index (χ3n) is 3.04. The minimum atomic E-state index is -0.523. The van der Waals surface area contributed by atoms with Crippen molar-refractivity contribution in [2.24, 2.45) is 0 Å². The van der Waals surface area contributed by atoms with Gasteiger partial charge in [0.05, 0.1) is 23.7 Å². The molecule has 1 aromatic rings. The number of nitrogens with one attached hydrogen (secondary N) is 2. The Labute approximate surface area is 110 Å². The summed E-state index contributed by atoms with van der Waals surface area (Å²) in [6, 6.07) is 4.05. The maximum absolute atomic E-state index is 12.1. The maximum atomic E-state index is 12.1. The van der Waals surface area contributed by atoms with Gasteiger partial charge in [-0.2, -0.15) is 0 Å². The first-order chi connectivity index (χ1) is 9.11. The van der Waals surface area contributed by atoms with E-state index in [-0.39, 0.29) is 23.4 Å². The molecule has 1 atom stereocenters. The molecule has 7 nitrogen and oxygen atoms in total. The van der Waals surface area contributed by atoms with Crippen LogP contribution in [0.3, 0.4) is 0 Å². The van der Waals surface area contributed by atoms with Crippen molar-refractivity contribution in [2.45, 2.75) is 12.5 Å². The van der Waals surface area contributed by atoms with Crippen molar-refractivity contribution in [2.75, 3.05) is 20.2 Å². The summed E-state index contributed by atoms with van der Waals surface area (Å²) in [6.45, 7) is 1.61. The molecule has 2 N–H and O–H groups in total. The highest BCUT2D eigenvalue weighted by molar-refractivity contribution is 5.97. The first kappa shape index (κ1) is 13.3. The molecule has 0 aromatic heterocycles. The lowest BCUT2D eigenvalue weighted by Gasteiger charge is -2.13. The number of carbonyl (C=O) groups is 1. The van der Waals surface area contributed by atoms with E-state index in [9.17, 15) is 14.9 Å². The lowest BCUT2D eigenvalue weighted by molar-refractivity contribution is -0.384. The molecule has 0 radical (unpaired) electrons. The van der Waals surface area contributed by atoms with Gasteiger partial charge in [-0.3, -0.25) is 14.9 Å². The fourth-order valence-electron chi connectivity index (χ4n) is 2.02. The van der Waals surface area contributed by atoms with Crippen LogP contribution in [0, 0.1) is 10.1 Å². The van der Waals surface area contributed by atoms with Gasteiger partial charge in [-0.15, -0.1) is 0 Å². The minimum Gasteiger partial charge on any atom is -0.496 e. The summed E-state index contributed by atoms with van der Waals surface area (Å²) < 4.78 is 5.04. The number of hydrogen-bond donors (Lipinski definition) is 2. The van der Waals surface area contributed by atoms with Gasteiger partial charge >= 0.3 is 0 Å². The zero-order valence-electron chi connectivity index (χ0n) is 10.5. The normalized spacial score (nSPS) is 18.1. The van der Waals surface area contributed by atoms with Gasteiger partial charge in [-0.05, 0) is 19.0 Å². The van der Waals surface area contributed by atoms with Gasteiger partial charge in [0.2, 0.25) is 0 Å². The molecule has 1 aromatic carbocycles. The molecule has 0 unspecified atom stereocenters. The van der Waals surface area contributed by atoms with Gasteiger partial charge < -0.3 is 15.4 Å². The average Bonchev–Trinajstić information content (AvgIpc) is 2.90. The number of non-ortho nitro benzene ring substituents is 1. The fraction of sp³-hybridized carbons (Fsp3) is 0.417. The molecule has 1 heterocycles. The van der Waals surface area contributed by atoms with Gasteiger partial charge in [-0.1, -0.05) is 0 Å². The highest BCUT2D eigenvalue weighted by Crippen LogP contribution is 2.24. The Morgan fingerprint density at radius 2 is 2.37 bits per heavy atom. The Morgan fingerprint density at radius 3 is 2.95 bits per heavy atom. The topological polar surface area (TPSA) is 93.5 Å². The molecular formula is C12H15N3O4. The number of hydrogen-bond acceptors (Lipinski definition) is 5. The zero-order chi connectivity index (χ0) is 13.8. The summed E-state index contributed by atoms with van der Waals surface area (Å²) in [5, 5.41) is 16.7. The van der Waals surface area contributed by atoms with Gasteiger partial charge in [0.25, 0.3) is 11.6 Å². The molecule has 1 fully saturated rings. The van der Waals surface area contributed by atoms with Crippen molar-refractivity contribution in [3.8, 4) is 5.75 Å². The number of nitrogens with zero attached hydrogens (tertiary/aromatic N) is 1. The monoisotopic (exact) mass is 265 g/mol. The predicted molar refractivity (Wildman–Crippen MR) is 68.4 cm³/mol. The van der Waals surface area contributed by atoms with E-state index >= 15 is 0 Å². The third-order valence-corrected chi connectivity index (χ3v) is 3.04. The van der Waals surface area contributed by atoms with E-state index in [0.717, 1.165) is 19.5 Å². The smallest absolute Gasteiger partial charge is 0.273 e. The molecule has 0 aliphatic carbocycles. The molecule has 1 amide bonds. The Bertz CT molecular complexity index is 498. The van der Waals surface area contributed by atoms with E-state index in [0.29, 0.717) is 5.56 Å². The van der Waals surface area contributed by atoms with Crippen LogP contribution < -0.4 is 15.4 Å². The summed E-state index contributed by atoms with van der Waals surface area (Å²) in [5.74, 6) is -0.0712. The Kier molecular flexibility index (Phi) is 3.96. The number of nitro groups is 1. The molecule has 19 heavy (non-hydrogen) atoms. The van der Waals surface area contributed by atoms with Crippen LogP contribution in [0.15, 0.2) is 18.2 Å². The molecule has 1 aliphatic heterocycles. The van der Waals surface area contributed by atoms with Gasteiger partial charge in [0.1, 0.15) is 5.75 Å². The van der Waals surface area contributed by atoms with Crippen molar-refractivity contribution in [3.63, 3.8) is 0 Å². The fourth-order valence-corrected chi connectivity index (χ4v) is 2.02. The van der Waals surface area contributed by atoms with E-state index in [1.165, 1.54) is 25.3 Å². The minimum absolute atomic E-state index is 0.0902. The molecule has 1 aliphatic rings. The van der Waals surface area contributed by atoms with Crippen LogP contribution in [-0.4, -0.2) is 37.1 Å².